The molecule has 1 aliphatic heterocycles. The van der Waals surface area contributed by atoms with Crippen molar-refractivity contribution in [3.63, 3.8) is 0 Å². The molecule has 0 bridgehead atoms. The van der Waals surface area contributed by atoms with Crippen LogP contribution >= 0.6 is 0 Å². The first-order chi connectivity index (χ1) is 10.5. The quantitative estimate of drug-likeness (QED) is 0.854. The van der Waals surface area contributed by atoms with Crippen LogP contribution in [0.1, 0.15) is 45.0 Å². The number of rotatable bonds is 2. The molecule has 1 aromatic heterocycles. The van der Waals surface area contributed by atoms with Crippen LogP contribution in [0.3, 0.4) is 0 Å². The molecule has 1 aliphatic rings. The lowest BCUT2D eigenvalue weighted by Crippen LogP contribution is -2.19. The van der Waals surface area contributed by atoms with Gasteiger partial charge in [-0.05, 0) is 37.1 Å². The number of benzene rings is 1. The molecule has 0 saturated carbocycles. The Morgan fingerprint density at radius 2 is 1.64 bits per heavy atom. The Hall–Kier alpha value is -2.35. The summed E-state index contributed by atoms with van der Waals surface area (Å²) in [7, 11) is 0. The molecule has 0 atom stereocenters. The summed E-state index contributed by atoms with van der Waals surface area (Å²) < 4.78 is 1.78. The van der Waals surface area contributed by atoms with Gasteiger partial charge in [0.1, 0.15) is 6.07 Å². The van der Waals surface area contributed by atoms with Crippen LogP contribution in [-0.2, 0) is 5.41 Å². The summed E-state index contributed by atoms with van der Waals surface area (Å²) in [6.07, 6.45) is 2.54. The molecular weight excluding hydrogens is 274 g/mol. The van der Waals surface area contributed by atoms with Crippen molar-refractivity contribution in [3.8, 4) is 11.8 Å². The van der Waals surface area contributed by atoms with E-state index in [1.165, 1.54) is 18.5 Å². The average molecular weight is 295 g/mol. The highest BCUT2D eigenvalue weighted by Gasteiger charge is 2.26. The number of aromatic nitrogens is 3. The highest BCUT2D eigenvalue weighted by atomic mass is 15.4. The summed E-state index contributed by atoms with van der Waals surface area (Å²) in [4.78, 5) is 2.40. The van der Waals surface area contributed by atoms with Crippen molar-refractivity contribution in [2.45, 2.75) is 39.0 Å². The van der Waals surface area contributed by atoms with Crippen molar-refractivity contribution in [1.29, 1.82) is 5.26 Å². The van der Waals surface area contributed by atoms with Gasteiger partial charge in [-0.1, -0.05) is 26.0 Å². The van der Waals surface area contributed by atoms with Gasteiger partial charge in [-0.2, -0.15) is 5.26 Å². The van der Waals surface area contributed by atoms with Gasteiger partial charge in [0.2, 0.25) is 0 Å². The maximum Gasteiger partial charge on any atom is 0.186 e. The van der Waals surface area contributed by atoms with Crippen molar-refractivity contribution in [1.82, 2.24) is 15.0 Å². The van der Waals surface area contributed by atoms with Crippen molar-refractivity contribution < 1.29 is 0 Å². The van der Waals surface area contributed by atoms with Crippen LogP contribution in [0.4, 0.5) is 5.69 Å². The molecule has 0 spiro atoms. The number of anilines is 1. The van der Waals surface area contributed by atoms with Crippen molar-refractivity contribution >= 4 is 5.69 Å². The predicted molar refractivity (Wildman–Crippen MR) is 86.2 cm³/mol. The van der Waals surface area contributed by atoms with Gasteiger partial charge in [0.25, 0.3) is 0 Å². The van der Waals surface area contributed by atoms with Crippen LogP contribution in [0, 0.1) is 11.3 Å². The molecule has 5 nitrogen and oxygen atoms in total. The Morgan fingerprint density at radius 1 is 1.05 bits per heavy atom. The van der Waals surface area contributed by atoms with E-state index < -0.39 is 0 Å². The van der Waals surface area contributed by atoms with Crippen LogP contribution in [0.25, 0.3) is 5.69 Å². The number of hydrogen-bond acceptors (Lipinski definition) is 4. The minimum atomic E-state index is -0.192. The third kappa shape index (κ3) is 2.57. The van der Waals surface area contributed by atoms with Gasteiger partial charge in [0.15, 0.2) is 5.69 Å². The number of nitrogens with zero attached hydrogens (tertiary/aromatic N) is 5. The Balaban J connectivity index is 1.98. The van der Waals surface area contributed by atoms with Gasteiger partial charge in [-0.3, -0.25) is 0 Å². The Morgan fingerprint density at radius 3 is 2.18 bits per heavy atom. The van der Waals surface area contributed by atoms with Crippen LogP contribution < -0.4 is 4.90 Å². The second-order valence-electron chi connectivity index (χ2n) is 6.77. The Bertz CT molecular complexity index is 694. The minimum absolute atomic E-state index is 0.192. The third-order valence-corrected chi connectivity index (χ3v) is 4.05. The normalized spacial score (nSPS) is 15.1. The van der Waals surface area contributed by atoms with Gasteiger partial charge in [-0.25, -0.2) is 4.68 Å². The fourth-order valence-electron chi connectivity index (χ4n) is 2.99. The van der Waals surface area contributed by atoms with Gasteiger partial charge in [-0.15, -0.1) is 5.10 Å². The molecule has 0 unspecified atom stereocenters. The lowest BCUT2D eigenvalue weighted by molar-refractivity contribution is 0.541. The summed E-state index contributed by atoms with van der Waals surface area (Å²) >= 11 is 0. The maximum atomic E-state index is 9.26. The number of hydrogen-bond donors (Lipinski definition) is 0. The standard InChI is InChI=1S/C17H21N5/c1-17(2,3)16-15(12-18)19-20-22(16)14-8-6-13(7-9-14)21-10-4-5-11-21/h6-9H,4-5,10-11H2,1-3H3. The van der Waals surface area contributed by atoms with Gasteiger partial charge < -0.3 is 4.90 Å². The largest absolute Gasteiger partial charge is 0.372 e. The van der Waals surface area contributed by atoms with Gasteiger partial charge in [0, 0.05) is 24.2 Å². The van der Waals surface area contributed by atoms with E-state index >= 15 is 0 Å². The smallest absolute Gasteiger partial charge is 0.186 e. The summed E-state index contributed by atoms with van der Waals surface area (Å²) in [6, 6.07) is 10.5. The molecule has 0 amide bonds. The van der Waals surface area contributed by atoms with E-state index in [9.17, 15) is 5.26 Å². The predicted octanol–water partition coefficient (Wildman–Crippen LogP) is 3.04. The first-order valence-electron chi connectivity index (χ1n) is 7.72. The van der Waals surface area contributed by atoms with E-state index in [2.05, 4.69) is 66.3 Å². The molecule has 2 aromatic rings. The molecule has 3 rings (SSSR count). The lowest BCUT2D eigenvalue weighted by atomic mass is 9.90. The van der Waals surface area contributed by atoms with Crippen LogP contribution in [0.5, 0.6) is 0 Å². The number of nitriles is 1. The van der Waals surface area contributed by atoms with Crippen LogP contribution in [0.2, 0.25) is 0 Å². The fourth-order valence-corrected chi connectivity index (χ4v) is 2.99. The zero-order valence-corrected chi connectivity index (χ0v) is 13.4. The van der Waals surface area contributed by atoms with Crippen LogP contribution in [0.15, 0.2) is 24.3 Å². The zero-order chi connectivity index (χ0) is 15.7. The molecule has 0 N–H and O–H groups in total. The molecular formula is C17H21N5. The summed E-state index contributed by atoms with van der Waals surface area (Å²) in [5.74, 6) is 0. The highest BCUT2D eigenvalue weighted by Crippen LogP contribution is 2.28. The first kappa shape index (κ1) is 14.6. The molecule has 22 heavy (non-hydrogen) atoms. The summed E-state index contributed by atoms with van der Waals surface area (Å²) in [5, 5.41) is 17.5. The summed E-state index contributed by atoms with van der Waals surface area (Å²) in [6.45, 7) is 8.48. The molecule has 0 radical (unpaired) electrons. The molecule has 1 saturated heterocycles. The van der Waals surface area contributed by atoms with Gasteiger partial charge in [0.05, 0.1) is 11.4 Å². The second-order valence-corrected chi connectivity index (χ2v) is 6.77. The lowest BCUT2D eigenvalue weighted by Gasteiger charge is -2.21. The van der Waals surface area contributed by atoms with E-state index in [1.54, 1.807) is 4.68 Å². The second kappa shape index (κ2) is 5.45. The van der Waals surface area contributed by atoms with E-state index in [0.29, 0.717) is 5.69 Å². The van der Waals surface area contributed by atoms with E-state index in [1.807, 2.05) is 0 Å². The third-order valence-electron chi connectivity index (χ3n) is 4.05. The maximum absolute atomic E-state index is 9.26. The monoisotopic (exact) mass is 295 g/mol. The van der Waals surface area contributed by atoms with Crippen LogP contribution in [-0.4, -0.2) is 28.1 Å². The molecule has 2 heterocycles. The first-order valence-corrected chi connectivity index (χ1v) is 7.72. The molecule has 5 heteroatoms. The van der Waals surface area contributed by atoms with Crippen molar-refractivity contribution in [3.05, 3.63) is 35.7 Å². The fraction of sp³-hybridized carbons (Fsp3) is 0.471. The average Bonchev–Trinajstić information content (AvgIpc) is 3.16. The Labute approximate surface area is 131 Å². The molecule has 0 aliphatic carbocycles. The SMILES string of the molecule is CC(C)(C)c1c(C#N)nnn1-c1ccc(N2CCCC2)cc1. The molecule has 1 fully saturated rings. The minimum Gasteiger partial charge on any atom is -0.372 e. The Kier molecular flexibility index (Phi) is 3.61. The van der Waals surface area contributed by atoms with E-state index in [0.717, 1.165) is 24.5 Å². The summed E-state index contributed by atoms with van der Waals surface area (Å²) in [5.41, 5.74) is 3.25. The molecule has 114 valence electrons. The van der Waals surface area contributed by atoms with Crippen molar-refractivity contribution in [2.24, 2.45) is 0 Å². The zero-order valence-electron chi connectivity index (χ0n) is 13.4. The van der Waals surface area contributed by atoms with Crippen molar-refractivity contribution in [2.75, 3.05) is 18.0 Å². The van der Waals surface area contributed by atoms with E-state index in [-0.39, 0.29) is 5.41 Å². The topological polar surface area (TPSA) is 57.7 Å². The van der Waals surface area contributed by atoms with E-state index in [4.69, 9.17) is 0 Å². The van der Waals surface area contributed by atoms with Gasteiger partial charge >= 0.3 is 0 Å². The highest BCUT2D eigenvalue weighted by molar-refractivity contribution is 5.52. The molecule has 1 aromatic carbocycles.